The molecule has 0 aliphatic carbocycles. The Hall–Kier alpha value is -2.93. The summed E-state index contributed by atoms with van der Waals surface area (Å²) in [4.78, 5) is 30.9. The molecule has 1 aliphatic rings. The number of carbonyl (C=O) groups excluding carboxylic acids is 1. The highest BCUT2D eigenvalue weighted by Crippen LogP contribution is 2.29. The van der Waals surface area contributed by atoms with E-state index in [0.717, 1.165) is 60.5 Å². The highest BCUT2D eigenvalue weighted by atomic mass is 16.3. The first-order valence-electron chi connectivity index (χ1n) is 10.4. The maximum atomic E-state index is 12.2. The number of amides is 1. The lowest BCUT2D eigenvalue weighted by Gasteiger charge is -2.32. The number of hydrogen-bond donors (Lipinski definition) is 1. The van der Waals surface area contributed by atoms with Gasteiger partial charge in [0.2, 0.25) is 5.91 Å². The van der Waals surface area contributed by atoms with Gasteiger partial charge in [-0.1, -0.05) is 6.07 Å². The number of likely N-dealkylation sites (tertiary alicyclic amines) is 1. The topological polar surface area (TPSA) is 80.4 Å². The number of aliphatic hydroxyl groups excluding tert-OH is 1. The van der Waals surface area contributed by atoms with Crippen molar-refractivity contribution < 1.29 is 9.90 Å². The Morgan fingerprint density at radius 3 is 2.80 bits per heavy atom. The van der Waals surface area contributed by atoms with E-state index in [-0.39, 0.29) is 18.1 Å². The molecule has 3 heterocycles. The summed E-state index contributed by atoms with van der Waals surface area (Å²) in [5.74, 6) is 1.25. The molecule has 0 bridgehead atoms. The first kappa shape index (κ1) is 20.3. The molecule has 7 heteroatoms. The summed E-state index contributed by atoms with van der Waals surface area (Å²) in [7, 11) is 1.75. The first-order valence-corrected chi connectivity index (χ1v) is 10.4. The minimum atomic E-state index is -0.0308. The number of benzene rings is 1. The van der Waals surface area contributed by atoms with Crippen LogP contribution < -0.4 is 5.56 Å². The van der Waals surface area contributed by atoms with E-state index in [1.165, 1.54) is 0 Å². The van der Waals surface area contributed by atoms with E-state index in [1.807, 2.05) is 42.3 Å². The van der Waals surface area contributed by atoms with Gasteiger partial charge < -0.3 is 19.1 Å². The molecule has 3 aromatic rings. The van der Waals surface area contributed by atoms with E-state index in [2.05, 4.69) is 4.57 Å². The number of hydrogen-bond acceptors (Lipinski definition) is 4. The third kappa shape index (κ3) is 3.77. The second kappa shape index (κ2) is 8.07. The molecule has 1 aliphatic heterocycles. The van der Waals surface area contributed by atoms with Crippen LogP contribution in [0.2, 0.25) is 0 Å². The summed E-state index contributed by atoms with van der Waals surface area (Å²) in [5, 5.41) is 9.62. The summed E-state index contributed by atoms with van der Waals surface area (Å²) in [5.41, 5.74) is 4.19. The molecule has 1 fully saturated rings. The Labute approximate surface area is 175 Å². The lowest BCUT2D eigenvalue weighted by atomic mass is 9.97. The van der Waals surface area contributed by atoms with E-state index < -0.39 is 0 Å². The predicted molar refractivity (Wildman–Crippen MR) is 116 cm³/mol. The van der Waals surface area contributed by atoms with Gasteiger partial charge in [0.05, 0.1) is 17.6 Å². The van der Waals surface area contributed by atoms with Gasteiger partial charge in [0.1, 0.15) is 5.82 Å². The Bertz CT molecular complexity index is 1130. The first-order chi connectivity index (χ1) is 14.4. The molecule has 1 amide bonds. The monoisotopic (exact) mass is 408 g/mol. The Kier molecular flexibility index (Phi) is 5.47. The number of nitrogens with zero attached hydrogens (tertiary/aromatic N) is 4. The average molecular weight is 409 g/mol. The van der Waals surface area contributed by atoms with Crippen molar-refractivity contribution in [3.63, 3.8) is 0 Å². The number of imidazole rings is 1. The van der Waals surface area contributed by atoms with Crippen molar-refractivity contribution in [1.29, 1.82) is 0 Å². The van der Waals surface area contributed by atoms with E-state index in [0.29, 0.717) is 11.5 Å². The molecule has 30 heavy (non-hydrogen) atoms. The summed E-state index contributed by atoms with van der Waals surface area (Å²) in [6.45, 7) is 5.69. The van der Waals surface area contributed by atoms with Crippen molar-refractivity contribution in [2.24, 2.45) is 13.0 Å². The fourth-order valence-electron chi connectivity index (χ4n) is 4.43. The van der Waals surface area contributed by atoms with E-state index in [1.54, 1.807) is 18.5 Å². The van der Waals surface area contributed by atoms with Gasteiger partial charge in [0.25, 0.3) is 5.56 Å². The van der Waals surface area contributed by atoms with Gasteiger partial charge in [-0.15, -0.1) is 0 Å². The Balaban J connectivity index is 1.82. The van der Waals surface area contributed by atoms with Crippen molar-refractivity contribution in [1.82, 2.24) is 19.0 Å². The maximum absolute atomic E-state index is 12.2. The van der Waals surface area contributed by atoms with Crippen molar-refractivity contribution in [3.8, 4) is 11.4 Å². The molecule has 4 rings (SSSR count). The van der Waals surface area contributed by atoms with Gasteiger partial charge in [0.15, 0.2) is 0 Å². The fraction of sp³-hybridized carbons (Fsp3) is 0.435. The summed E-state index contributed by atoms with van der Waals surface area (Å²) >= 11 is 0. The molecule has 158 valence electrons. The lowest BCUT2D eigenvalue weighted by molar-refractivity contribution is -0.130. The lowest BCUT2D eigenvalue weighted by Crippen LogP contribution is -2.39. The van der Waals surface area contributed by atoms with Crippen LogP contribution in [0.25, 0.3) is 22.4 Å². The number of fused-ring (bicyclic) bond motifs is 1. The second-order valence-corrected chi connectivity index (χ2v) is 8.33. The van der Waals surface area contributed by atoms with Gasteiger partial charge >= 0.3 is 0 Å². The molecular formula is C23H28N4O3. The summed E-state index contributed by atoms with van der Waals surface area (Å²) < 4.78 is 3.77. The standard InChI is InChI=1S/C23H28N4O3/c1-15-9-19(13-25(3)23(15)30)22-24-20-7-6-17(14-28)10-21(20)27(22)12-18-5-4-8-26(11-18)16(2)29/h6-7,9-10,13,18,28H,4-5,8,11-12,14H2,1-3H3. The third-order valence-electron chi connectivity index (χ3n) is 6.02. The van der Waals surface area contributed by atoms with Crippen molar-refractivity contribution in [2.45, 2.75) is 39.8 Å². The molecule has 1 N–H and O–H groups in total. The highest BCUT2D eigenvalue weighted by Gasteiger charge is 2.24. The second-order valence-electron chi connectivity index (χ2n) is 8.33. The van der Waals surface area contributed by atoms with Crippen LogP contribution >= 0.6 is 0 Å². The normalized spacial score (nSPS) is 16.9. The van der Waals surface area contributed by atoms with Crippen LogP contribution in [0.1, 0.15) is 30.9 Å². The summed E-state index contributed by atoms with van der Waals surface area (Å²) in [6.07, 6.45) is 3.87. The van der Waals surface area contributed by atoms with Crippen LogP contribution in [0.5, 0.6) is 0 Å². The molecular weight excluding hydrogens is 380 g/mol. The number of piperidine rings is 1. The van der Waals surface area contributed by atoms with E-state index >= 15 is 0 Å². The van der Waals surface area contributed by atoms with E-state index in [9.17, 15) is 14.7 Å². The number of aryl methyl sites for hydroxylation is 2. The van der Waals surface area contributed by atoms with Gasteiger partial charge in [-0.2, -0.15) is 0 Å². The molecule has 0 spiro atoms. The minimum absolute atomic E-state index is 0.0200. The van der Waals surface area contributed by atoms with Crippen molar-refractivity contribution >= 4 is 16.9 Å². The van der Waals surface area contributed by atoms with E-state index in [4.69, 9.17) is 4.98 Å². The molecule has 1 atom stereocenters. The Morgan fingerprint density at radius 2 is 2.10 bits per heavy atom. The number of aromatic nitrogens is 3. The number of carbonyl (C=O) groups is 1. The zero-order chi connectivity index (χ0) is 21.4. The molecule has 0 saturated carbocycles. The van der Waals surface area contributed by atoms with Gasteiger partial charge in [0, 0.05) is 50.9 Å². The van der Waals surface area contributed by atoms with Crippen LogP contribution in [0, 0.1) is 12.8 Å². The Morgan fingerprint density at radius 1 is 1.30 bits per heavy atom. The number of pyridine rings is 1. The van der Waals surface area contributed by atoms with Crippen LogP contribution in [-0.4, -0.2) is 43.1 Å². The smallest absolute Gasteiger partial charge is 0.253 e. The van der Waals surface area contributed by atoms with Crippen LogP contribution in [-0.2, 0) is 25.0 Å². The number of rotatable bonds is 4. The largest absolute Gasteiger partial charge is 0.392 e. The molecule has 2 aromatic heterocycles. The number of aliphatic hydroxyl groups is 1. The van der Waals surface area contributed by atoms with Gasteiger partial charge in [-0.05, 0) is 49.4 Å². The molecule has 1 aromatic carbocycles. The SMILES string of the molecule is CC(=O)N1CCCC(Cn2c(-c3cc(C)c(=O)n(C)c3)nc3ccc(CO)cc32)C1. The van der Waals surface area contributed by atoms with Crippen molar-refractivity contribution in [2.75, 3.05) is 13.1 Å². The predicted octanol–water partition coefficient (Wildman–Crippen LogP) is 2.46. The minimum Gasteiger partial charge on any atom is -0.392 e. The zero-order valence-corrected chi connectivity index (χ0v) is 17.8. The third-order valence-corrected chi connectivity index (χ3v) is 6.02. The summed E-state index contributed by atoms with van der Waals surface area (Å²) in [6, 6.07) is 7.67. The maximum Gasteiger partial charge on any atom is 0.253 e. The van der Waals surface area contributed by atoms with Crippen LogP contribution in [0.3, 0.4) is 0 Å². The van der Waals surface area contributed by atoms with Gasteiger partial charge in [-0.3, -0.25) is 9.59 Å². The molecule has 7 nitrogen and oxygen atoms in total. The molecule has 1 saturated heterocycles. The fourth-order valence-corrected chi connectivity index (χ4v) is 4.43. The zero-order valence-electron chi connectivity index (χ0n) is 17.8. The van der Waals surface area contributed by atoms with Crippen LogP contribution in [0.4, 0.5) is 0 Å². The highest BCUT2D eigenvalue weighted by molar-refractivity contribution is 5.81. The molecule has 1 unspecified atom stereocenters. The van der Waals surface area contributed by atoms with Crippen LogP contribution in [0.15, 0.2) is 35.3 Å². The average Bonchev–Trinajstić information content (AvgIpc) is 3.09. The quantitative estimate of drug-likeness (QED) is 0.719. The van der Waals surface area contributed by atoms with Gasteiger partial charge in [-0.25, -0.2) is 4.98 Å². The molecule has 0 radical (unpaired) electrons. The van der Waals surface area contributed by atoms with Crippen molar-refractivity contribution in [3.05, 3.63) is 51.9 Å².